The lowest BCUT2D eigenvalue weighted by Gasteiger charge is -2.45. The minimum absolute atomic E-state index is 0.0696. The van der Waals surface area contributed by atoms with Crippen LogP contribution in [0.1, 0.15) is 98.5 Å². The number of halogens is 1. The van der Waals surface area contributed by atoms with Crippen LogP contribution < -0.4 is 10.6 Å². The van der Waals surface area contributed by atoms with Gasteiger partial charge in [0.25, 0.3) is 5.91 Å². The van der Waals surface area contributed by atoms with E-state index in [2.05, 4.69) is 10.6 Å². The van der Waals surface area contributed by atoms with Gasteiger partial charge in [-0.25, -0.2) is 4.39 Å². The summed E-state index contributed by atoms with van der Waals surface area (Å²) in [5, 5.41) is 6.13. The second-order valence-electron chi connectivity index (χ2n) is 12.1. The summed E-state index contributed by atoms with van der Waals surface area (Å²) in [5.41, 5.74) is 1.61. The molecule has 1 spiro atoms. The van der Waals surface area contributed by atoms with E-state index in [4.69, 9.17) is 7.85 Å². The summed E-state index contributed by atoms with van der Waals surface area (Å²) in [6.07, 6.45) is 12.6. The van der Waals surface area contributed by atoms with Gasteiger partial charge in [-0.15, -0.1) is 0 Å². The standard InChI is InChI=1S/C28H35BFN3O3/c29-28(13-11-27(9-10-27)12-14-28)32-21-4-2-1-3-17(21)15-18-5-6-19-20(24(18)30)16-33(26(19)36)22-7-8-23(34)31-25(22)35/h5-6,17,21-22,32H,1-4,7-16H2,(H,31,34,35)/t17-,21+,22?/m1/s1. The number of hydrogen-bond acceptors (Lipinski definition) is 4. The Bertz CT molecular complexity index is 1090. The smallest absolute Gasteiger partial charge is 0.255 e. The molecule has 1 unspecified atom stereocenters. The minimum Gasteiger partial charge on any atom is -0.322 e. The Morgan fingerprint density at radius 3 is 2.47 bits per heavy atom. The Hall–Kier alpha value is -2.22. The normalized spacial score (nSPS) is 30.9. The molecule has 2 heterocycles. The fraction of sp³-hybridized carbons (Fsp3) is 0.679. The molecule has 1 aromatic carbocycles. The maximum absolute atomic E-state index is 15.8. The maximum atomic E-state index is 15.8. The number of nitrogens with zero attached hydrogens (tertiary/aromatic N) is 1. The highest BCUT2D eigenvalue weighted by Gasteiger charge is 2.48. The van der Waals surface area contributed by atoms with Crippen molar-refractivity contribution in [1.29, 1.82) is 0 Å². The van der Waals surface area contributed by atoms with E-state index in [1.165, 1.54) is 30.6 Å². The highest BCUT2D eigenvalue weighted by atomic mass is 19.1. The Kier molecular flexibility index (Phi) is 6.01. The molecular weight excluding hydrogens is 456 g/mol. The number of fused-ring (bicyclic) bond motifs is 1. The molecule has 2 aliphatic heterocycles. The molecule has 3 amide bonds. The van der Waals surface area contributed by atoms with E-state index < -0.39 is 11.9 Å². The van der Waals surface area contributed by atoms with Crippen molar-refractivity contribution < 1.29 is 18.8 Å². The number of imide groups is 1. The summed E-state index contributed by atoms with van der Waals surface area (Å²) in [7, 11) is 6.84. The predicted molar refractivity (Wildman–Crippen MR) is 134 cm³/mol. The van der Waals surface area contributed by atoms with Gasteiger partial charge in [-0.2, -0.15) is 0 Å². The number of piperidine rings is 1. The molecule has 1 saturated heterocycles. The third-order valence-electron chi connectivity index (χ3n) is 9.75. The summed E-state index contributed by atoms with van der Waals surface area (Å²) < 4.78 is 15.8. The van der Waals surface area contributed by atoms with Crippen LogP contribution in [0.15, 0.2) is 12.1 Å². The summed E-state index contributed by atoms with van der Waals surface area (Å²) in [5.74, 6) is -1.17. The van der Waals surface area contributed by atoms with Gasteiger partial charge in [-0.3, -0.25) is 19.7 Å². The third kappa shape index (κ3) is 4.40. The van der Waals surface area contributed by atoms with Gasteiger partial charge >= 0.3 is 0 Å². The lowest BCUT2D eigenvalue weighted by atomic mass is 9.62. The van der Waals surface area contributed by atoms with E-state index in [9.17, 15) is 14.4 Å². The van der Waals surface area contributed by atoms with E-state index in [1.807, 2.05) is 0 Å². The van der Waals surface area contributed by atoms with Gasteiger partial charge < -0.3 is 10.2 Å². The van der Waals surface area contributed by atoms with Gasteiger partial charge in [0.2, 0.25) is 11.8 Å². The first-order chi connectivity index (χ1) is 17.3. The second-order valence-corrected chi connectivity index (χ2v) is 12.1. The van der Waals surface area contributed by atoms with Gasteiger partial charge in [-0.1, -0.05) is 18.9 Å². The van der Waals surface area contributed by atoms with Crippen molar-refractivity contribution >= 4 is 25.6 Å². The average Bonchev–Trinajstić information content (AvgIpc) is 3.54. The second kappa shape index (κ2) is 8.96. The van der Waals surface area contributed by atoms with Crippen molar-refractivity contribution in [3.63, 3.8) is 0 Å². The van der Waals surface area contributed by atoms with Gasteiger partial charge in [0, 0.05) is 23.6 Å². The summed E-state index contributed by atoms with van der Waals surface area (Å²) in [4.78, 5) is 38.3. The molecule has 3 atom stereocenters. The summed E-state index contributed by atoms with van der Waals surface area (Å²) in [6.45, 7) is 0.0696. The van der Waals surface area contributed by atoms with Gasteiger partial charge in [0.05, 0.1) is 14.4 Å². The van der Waals surface area contributed by atoms with Crippen molar-refractivity contribution in [3.8, 4) is 0 Å². The molecule has 1 aromatic rings. The van der Waals surface area contributed by atoms with Crippen molar-refractivity contribution in [1.82, 2.24) is 15.5 Å². The number of rotatable bonds is 5. The van der Waals surface area contributed by atoms with Crippen molar-refractivity contribution in [2.24, 2.45) is 11.3 Å². The molecule has 190 valence electrons. The van der Waals surface area contributed by atoms with Crippen LogP contribution in [0.4, 0.5) is 4.39 Å². The SMILES string of the molecule is [B]C1(N[C@H]2CCCC[C@@H]2Cc2ccc3c(c2F)CN(C2CCC(=O)NC2=O)C3=O)CCC2(CC2)CC1. The Labute approximate surface area is 213 Å². The van der Waals surface area contributed by atoms with Crippen molar-refractivity contribution in [2.45, 2.75) is 108 Å². The lowest BCUT2D eigenvalue weighted by Crippen LogP contribution is -2.56. The largest absolute Gasteiger partial charge is 0.322 e. The van der Waals surface area contributed by atoms with Gasteiger partial charge in [0.1, 0.15) is 11.9 Å². The van der Waals surface area contributed by atoms with Crippen LogP contribution in [0.5, 0.6) is 0 Å². The van der Waals surface area contributed by atoms with Crippen molar-refractivity contribution in [2.75, 3.05) is 0 Å². The highest BCUT2D eigenvalue weighted by molar-refractivity contribution is 6.15. The molecule has 5 aliphatic rings. The number of carbonyl (C=O) groups is 3. The molecule has 3 saturated carbocycles. The Morgan fingerprint density at radius 1 is 1.03 bits per heavy atom. The van der Waals surface area contributed by atoms with E-state index in [0.717, 1.165) is 38.5 Å². The molecule has 36 heavy (non-hydrogen) atoms. The molecule has 3 aliphatic carbocycles. The monoisotopic (exact) mass is 491 g/mol. The zero-order valence-corrected chi connectivity index (χ0v) is 20.9. The zero-order chi connectivity index (χ0) is 25.1. The maximum Gasteiger partial charge on any atom is 0.255 e. The topological polar surface area (TPSA) is 78.5 Å². The van der Waals surface area contributed by atoms with Crippen LogP contribution in [0.25, 0.3) is 0 Å². The van der Waals surface area contributed by atoms with E-state index >= 15 is 4.39 Å². The number of hydrogen-bond donors (Lipinski definition) is 2. The first-order valence-corrected chi connectivity index (χ1v) is 13.8. The zero-order valence-electron chi connectivity index (χ0n) is 20.9. The van der Waals surface area contributed by atoms with Crippen molar-refractivity contribution in [3.05, 3.63) is 34.6 Å². The minimum atomic E-state index is -0.733. The number of carbonyl (C=O) groups excluding carboxylic acids is 3. The fourth-order valence-electron chi connectivity index (χ4n) is 7.15. The summed E-state index contributed by atoms with van der Waals surface area (Å²) >= 11 is 0. The average molecular weight is 491 g/mol. The molecular formula is C28H35BFN3O3. The first kappa shape index (κ1) is 24.1. The third-order valence-corrected chi connectivity index (χ3v) is 9.75. The molecule has 4 fully saturated rings. The highest BCUT2D eigenvalue weighted by Crippen LogP contribution is 2.57. The van der Waals surface area contributed by atoms with Crippen LogP contribution in [-0.2, 0) is 22.6 Å². The van der Waals surface area contributed by atoms with Crippen LogP contribution in [0, 0.1) is 17.2 Å². The number of amides is 3. The molecule has 0 aromatic heterocycles. The van der Waals surface area contributed by atoms with E-state index in [1.54, 1.807) is 12.1 Å². The Balaban J connectivity index is 1.16. The molecule has 2 N–H and O–H groups in total. The lowest BCUT2D eigenvalue weighted by molar-refractivity contribution is -0.136. The van der Waals surface area contributed by atoms with E-state index in [0.29, 0.717) is 34.4 Å². The predicted octanol–water partition coefficient (Wildman–Crippen LogP) is 3.50. The first-order valence-electron chi connectivity index (χ1n) is 13.8. The van der Waals surface area contributed by atoms with E-state index in [-0.39, 0.29) is 48.5 Å². The van der Waals surface area contributed by atoms with Gasteiger partial charge in [-0.05, 0) is 92.6 Å². The molecule has 8 heteroatoms. The molecule has 6 rings (SSSR count). The quantitative estimate of drug-likeness (QED) is 0.489. The van der Waals surface area contributed by atoms with Crippen LogP contribution in [0.2, 0.25) is 0 Å². The fourth-order valence-corrected chi connectivity index (χ4v) is 7.15. The Morgan fingerprint density at radius 2 is 1.75 bits per heavy atom. The number of benzene rings is 1. The van der Waals surface area contributed by atoms with Crippen LogP contribution >= 0.6 is 0 Å². The van der Waals surface area contributed by atoms with Gasteiger partial charge in [0.15, 0.2) is 0 Å². The summed E-state index contributed by atoms with van der Waals surface area (Å²) in [6, 6.07) is 3.00. The number of nitrogens with one attached hydrogen (secondary N) is 2. The molecule has 2 radical (unpaired) electrons. The van der Waals surface area contributed by atoms with Crippen LogP contribution in [-0.4, -0.2) is 48.0 Å². The molecule has 0 bridgehead atoms. The molecule has 6 nitrogen and oxygen atoms in total. The van der Waals surface area contributed by atoms with Crippen LogP contribution in [0.3, 0.4) is 0 Å².